The summed E-state index contributed by atoms with van der Waals surface area (Å²) < 4.78 is 23.4. The number of rotatable bonds is 3. The summed E-state index contributed by atoms with van der Waals surface area (Å²) in [6.45, 7) is 1.64. The highest BCUT2D eigenvalue weighted by Crippen LogP contribution is 2.33. The first-order chi connectivity index (χ1) is 10.7. The number of benzene rings is 1. The van der Waals surface area contributed by atoms with Gasteiger partial charge in [0.2, 0.25) is 5.88 Å². The van der Waals surface area contributed by atoms with E-state index < -0.39 is 5.97 Å². The summed E-state index contributed by atoms with van der Waals surface area (Å²) in [4.78, 5) is 14.2. The second kappa shape index (κ2) is 6.17. The van der Waals surface area contributed by atoms with Gasteiger partial charge in [-0.3, -0.25) is 0 Å². The summed E-state index contributed by atoms with van der Waals surface area (Å²) in [6, 6.07) is 5.79. The Bertz CT molecular complexity index is 661. The SMILES string of the molecule is COC(=O)c1c(-c2ccc(F)cc2)noc1N1CCCCC1. The molecular weight excluding hydrogens is 287 g/mol. The van der Waals surface area contributed by atoms with Gasteiger partial charge in [-0.25, -0.2) is 9.18 Å². The number of carbonyl (C=O) groups excluding carboxylic acids is 1. The molecule has 6 heteroatoms. The van der Waals surface area contributed by atoms with Crippen molar-refractivity contribution in [3.63, 3.8) is 0 Å². The smallest absolute Gasteiger partial charge is 0.345 e. The van der Waals surface area contributed by atoms with Crippen LogP contribution in [-0.2, 0) is 4.74 Å². The molecule has 1 fully saturated rings. The number of halogens is 1. The van der Waals surface area contributed by atoms with Crippen LogP contribution in [0.2, 0.25) is 0 Å². The van der Waals surface area contributed by atoms with Gasteiger partial charge in [0, 0.05) is 18.7 Å². The van der Waals surface area contributed by atoms with Crippen LogP contribution in [0.15, 0.2) is 28.8 Å². The largest absolute Gasteiger partial charge is 0.465 e. The van der Waals surface area contributed by atoms with E-state index in [9.17, 15) is 9.18 Å². The van der Waals surface area contributed by atoms with Gasteiger partial charge in [-0.15, -0.1) is 0 Å². The molecule has 1 aromatic carbocycles. The molecule has 0 amide bonds. The molecule has 1 aliphatic heterocycles. The van der Waals surface area contributed by atoms with Crippen molar-refractivity contribution in [3.8, 4) is 11.3 Å². The van der Waals surface area contributed by atoms with Crippen LogP contribution in [0, 0.1) is 5.82 Å². The number of aromatic nitrogens is 1. The van der Waals surface area contributed by atoms with E-state index in [0.29, 0.717) is 22.7 Å². The fourth-order valence-corrected chi connectivity index (χ4v) is 2.69. The molecule has 22 heavy (non-hydrogen) atoms. The van der Waals surface area contributed by atoms with Gasteiger partial charge in [-0.1, -0.05) is 5.16 Å². The van der Waals surface area contributed by atoms with Crippen LogP contribution in [-0.4, -0.2) is 31.3 Å². The van der Waals surface area contributed by atoms with Gasteiger partial charge < -0.3 is 14.2 Å². The maximum atomic E-state index is 13.1. The van der Waals surface area contributed by atoms with Crippen molar-refractivity contribution in [1.29, 1.82) is 0 Å². The first kappa shape index (κ1) is 14.6. The molecule has 1 aliphatic rings. The average molecular weight is 304 g/mol. The predicted molar refractivity (Wildman–Crippen MR) is 79.3 cm³/mol. The molecule has 0 aliphatic carbocycles. The second-order valence-corrected chi connectivity index (χ2v) is 5.26. The number of ether oxygens (including phenoxy) is 1. The molecule has 2 aromatic rings. The summed E-state index contributed by atoms with van der Waals surface area (Å²) in [5, 5.41) is 4.02. The lowest BCUT2D eigenvalue weighted by atomic mass is 10.1. The Balaban J connectivity index is 2.04. The lowest BCUT2D eigenvalue weighted by molar-refractivity contribution is 0.0601. The van der Waals surface area contributed by atoms with Gasteiger partial charge in [0.25, 0.3) is 0 Å². The number of nitrogens with zero attached hydrogens (tertiary/aromatic N) is 2. The van der Waals surface area contributed by atoms with Crippen molar-refractivity contribution in [3.05, 3.63) is 35.6 Å². The molecule has 116 valence electrons. The lowest BCUT2D eigenvalue weighted by Crippen LogP contribution is -2.30. The van der Waals surface area contributed by atoms with Crippen molar-refractivity contribution < 1.29 is 18.4 Å². The average Bonchev–Trinajstić information content (AvgIpc) is 3.00. The summed E-state index contributed by atoms with van der Waals surface area (Å²) in [5.41, 5.74) is 1.30. The molecule has 0 unspecified atom stereocenters. The van der Waals surface area contributed by atoms with E-state index in [1.54, 1.807) is 12.1 Å². The summed E-state index contributed by atoms with van der Waals surface area (Å²) in [5.74, 6) is -0.407. The number of hydrogen-bond acceptors (Lipinski definition) is 5. The van der Waals surface area contributed by atoms with Crippen LogP contribution in [0.25, 0.3) is 11.3 Å². The van der Waals surface area contributed by atoms with Crippen LogP contribution in [0.3, 0.4) is 0 Å². The van der Waals surface area contributed by atoms with Gasteiger partial charge >= 0.3 is 5.97 Å². The summed E-state index contributed by atoms with van der Waals surface area (Å²) in [7, 11) is 1.32. The molecule has 0 saturated carbocycles. The molecule has 0 bridgehead atoms. The van der Waals surface area contributed by atoms with Gasteiger partial charge in [0.05, 0.1) is 7.11 Å². The number of hydrogen-bond donors (Lipinski definition) is 0. The Labute approximate surface area is 127 Å². The normalized spacial score (nSPS) is 14.9. The molecule has 0 spiro atoms. The molecule has 2 heterocycles. The molecule has 5 nitrogen and oxygen atoms in total. The monoisotopic (exact) mass is 304 g/mol. The maximum Gasteiger partial charge on any atom is 0.345 e. The standard InChI is InChI=1S/C16H17FN2O3/c1-21-16(20)13-14(11-5-7-12(17)8-6-11)18-22-15(13)19-9-3-2-4-10-19/h5-8H,2-4,9-10H2,1H3. The molecule has 1 saturated heterocycles. The van der Waals surface area contributed by atoms with Gasteiger partial charge in [0.1, 0.15) is 11.5 Å². The van der Waals surface area contributed by atoms with Crippen molar-refractivity contribution in [1.82, 2.24) is 5.16 Å². The Morgan fingerprint density at radius 2 is 1.91 bits per heavy atom. The fraction of sp³-hybridized carbons (Fsp3) is 0.375. The Kier molecular flexibility index (Phi) is 4.09. The molecule has 0 radical (unpaired) electrons. The van der Waals surface area contributed by atoms with Gasteiger partial charge in [-0.05, 0) is 43.5 Å². The number of piperidine rings is 1. The number of methoxy groups -OCH3 is 1. The lowest BCUT2D eigenvalue weighted by Gasteiger charge is -2.26. The third kappa shape index (κ3) is 2.68. The van der Waals surface area contributed by atoms with Crippen LogP contribution in [0.5, 0.6) is 0 Å². The highest BCUT2D eigenvalue weighted by molar-refractivity contribution is 6.00. The third-order valence-corrected chi connectivity index (χ3v) is 3.82. The highest BCUT2D eigenvalue weighted by atomic mass is 19.1. The van der Waals surface area contributed by atoms with Crippen molar-refractivity contribution in [2.45, 2.75) is 19.3 Å². The quantitative estimate of drug-likeness (QED) is 0.815. The number of anilines is 1. The Hall–Kier alpha value is -2.37. The van der Waals surface area contributed by atoms with E-state index in [2.05, 4.69) is 5.16 Å². The van der Waals surface area contributed by atoms with Gasteiger partial charge in [0.15, 0.2) is 5.56 Å². The Morgan fingerprint density at radius 1 is 1.23 bits per heavy atom. The van der Waals surface area contributed by atoms with Crippen LogP contribution in [0.1, 0.15) is 29.6 Å². The fourth-order valence-electron chi connectivity index (χ4n) is 2.69. The first-order valence-corrected chi connectivity index (χ1v) is 7.29. The zero-order valence-corrected chi connectivity index (χ0v) is 12.3. The van der Waals surface area contributed by atoms with Crippen molar-refractivity contribution >= 4 is 11.9 Å². The summed E-state index contributed by atoms with van der Waals surface area (Å²) >= 11 is 0. The molecule has 0 atom stereocenters. The first-order valence-electron chi connectivity index (χ1n) is 7.29. The minimum atomic E-state index is -0.499. The molecule has 1 aromatic heterocycles. The van der Waals surface area contributed by atoms with E-state index in [1.807, 2.05) is 4.90 Å². The predicted octanol–water partition coefficient (Wildman–Crippen LogP) is 3.26. The minimum Gasteiger partial charge on any atom is -0.465 e. The van der Waals surface area contributed by atoms with Crippen molar-refractivity contribution in [2.24, 2.45) is 0 Å². The highest BCUT2D eigenvalue weighted by Gasteiger charge is 2.29. The Morgan fingerprint density at radius 3 is 2.55 bits per heavy atom. The van der Waals surface area contributed by atoms with E-state index >= 15 is 0 Å². The number of carbonyl (C=O) groups is 1. The van der Waals surface area contributed by atoms with Crippen LogP contribution < -0.4 is 4.90 Å². The second-order valence-electron chi connectivity index (χ2n) is 5.26. The molecular formula is C16H17FN2O3. The maximum absolute atomic E-state index is 13.1. The topological polar surface area (TPSA) is 55.6 Å². The number of esters is 1. The third-order valence-electron chi connectivity index (χ3n) is 3.82. The molecule has 3 rings (SSSR count). The zero-order valence-electron chi connectivity index (χ0n) is 12.3. The van der Waals surface area contributed by atoms with Gasteiger partial charge in [-0.2, -0.15) is 0 Å². The van der Waals surface area contributed by atoms with E-state index in [-0.39, 0.29) is 5.82 Å². The van der Waals surface area contributed by atoms with E-state index in [4.69, 9.17) is 9.26 Å². The van der Waals surface area contributed by atoms with Crippen LogP contribution in [0.4, 0.5) is 10.3 Å². The van der Waals surface area contributed by atoms with Crippen molar-refractivity contribution in [2.75, 3.05) is 25.1 Å². The van der Waals surface area contributed by atoms with E-state index in [1.165, 1.54) is 25.7 Å². The minimum absolute atomic E-state index is 0.302. The van der Waals surface area contributed by atoms with E-state index in [0.717, 1.165) is 25.9 Å². The van der Waals surface area contributed by atoms with Crippen LogP contribution >= 0.6 is 0 Å². The summed E-state index contributed by atoms with van der Waals surface area (Å²) in [6.07, 6.45) is 3.27. The molecule has 0 N–H and O–H groups in total. The zero-order chi connectivity index (χ0) is 15.5.